The van der Waals surface area contributed by atoms with Gasteiger partial charge >= 0.3 is 0 Å². The van der Waals surface area contributed by atoms with E-state index in [9.17, 15) is 4.79 Å². The third-order valence-corrected chi connectivity index (χ3v) is 3.02. The molecule has 0 aliphatic carbocycles. The van der Waals surface area contributed by atoms with E-state index in [1.165, 1.54) is 5.56 Å². The number of aryl methyl sites for hydroxylation is 2. The summed E-state index contributed by atoms with van der Waals surface area (Å²) < 4.78 is 8.89. The van der Waals surface area contributed by atoms with Gasteiger partial charge in [0.2, 0.25) is 0 Å². The van der Waals surface area contributed by atoms with Crippen LogP contribution in [-0.4, -0.2) is 18.4 Å². The molecule has 0 heterocycles. The highest BCUT2D eigenvalue weighted by Crippen LogP contribution is 2.19. The van der Waals surface area contributed by atoms with Gasteiger partial charge in [0.15, 0.2) is 0 Å². The molecule has 1 N–H and O–H groups in total. The highest BCUT2D eigenvalue weighted by molar-refractivity contribution is 14.1. The average Bonchev–Trinajstić information content (AvgIpc) is 2.25. The lowest BCUT2D eigenvalue weighted by Gasteiger charge is -2.15. The van der Waals surface area contributed by atoms with Gasteiger partial charge in [0.25, 0.3) is 0 Å². The topological polar surface area (TPSA) is 38.3 Å². The Bertz CT molecular complexity index is 407. The SMILES string of the molecule is CC(=O)CCc1cc(C)cc(O[C@@H](C)CNI)c1. The van der Waals surface area contributed by atoms with Gasteiger partial charge in [-0.05, 0) is 50.5 Å². The first kappa shape index (κ1) is 15.4. The minimum atomic E-state index is 0.129. The normalized spacial score (nSPS) is 12.2. The summed E-state index contributed by atoms with van der Waals surface area (Å²) in [6.45, 7) is 6.51. The number of benzene rings is 1. The zero-order chi connectivity index (χ0) is 13.5. The monoisotopic (exact) mass is 361 g/mol. The maximum Gasteiger partial charge on any atom is 0.130 e. The Morgan fingerprint density at radius 3 is 2.78 bits per heavy atom. The Morgan fingerprint density at radius 1 is 1.44 bits per heavy atom. The van der Waals surface area contributed by atoms with Crippen molar-refractivity contribution < 1.29 is 9.53 Å². The Balaban J connectivity index is 2.70. The first-order valence-electron chi connectivity index (χ1n) is 6.11. The van der Waals surface area contributed by atoms with E-state index in [2.05, 4.69) is 32.5 Å². The van der Waals surface area contributed by atoms with Crippen LogP contribution in [0.2, 0.25) is 0 Å². The molecule has 0 saturated carbocycles. The van der Waals surface area contributed by atoms with Gasteiger partial charge < -0.3 is 9.53 Å². The van der Waals surface area contributed by atoms with Crippen molar-refractivity contribution in [3.8, 4) is 5.75 Å². The first-order valence-corrected chi connectivity index (χ1v) is 7.19. The fourth-order valence-electron chi connectivity index (χ4n) is 1.74. The molecule has 3 nitrogen and oxygen atoms in total. The van der Waals surface area contributed by atoms with Crippen LogP contribution in [0.1, 0.15) is 31.4 Å². The van der Waals surface area contributed by atoms with Gasteiger partial charge in [-0.2, -0.15) is 0 Å². The number of ketones is 1. The van der Waals surface area contributed by atoms with Crippen molar-refractivity contribution in [1.29, 1.82) is 0 Å². The van der Waals surface area contributed by atoms with E-state index in [-0.39, 0.29) is 11.9 Å². The molecule has 0 spiro atoms. The Morgan fingerprint density at radius 2 is 2.17 bits per heavy atom. The van der Waals surface area contributed by atoms with E-state index >= 15 is 0 Å². The van der Waals surface area contributed by atoms with E-state index < -0.39 is 0 Å². The Kier molecular flexibility index (Phi) is 6.63. The minimum Gasteiger partial charge on any atom is -0.489 e. The van der Waals surface area contributed by atoms with Crippen LogP contribution >= 0.6 is 22.9 Å². The lowest BCUT2D eigenvalue weighted by Crippen LogP contribution is -2.23. The maximum absolute atomic E-state index is 11.0. The number of ether oxygens (including phenoxy) is 1. The molecule has 4 heteroatoms. The summed E-state index contributed by atoms with van der Waals surface area (Å²) in [7, 11) is 0. The summed E-state index contributed by atoms with van der Waals surface area (Å²) in [5.41, 5.74) is 2.33. The molecule has 0 amide bonds. The number of nitrogens with one attached hydrogen (secondary N) is 1. The maximum atomic E-state index is 11.0. The van der Waals surface area contributed by atoms with Crippen molar-refractivity contribution in [3.05, 3.63) is 29.3 Å². The van der Waals surface area contributed by atoms with Gasteiger partial charge in [-0.1, -0.05) is 6.07 Å². The van der Waals surface area contributed by atoms with Crippen LogP contribution in [0, 0.1) is 6.92 Å². The lowest BCUT2D eigenvalue weighted by molar-refractivity contribution is -0.116. The minimum absolute atomic E-state index is 0.129. The van der Waals surface area contributed by atoms with Crippen LogP contribution < -0.4 is 8.27 Å². The summed E-state index contributed by atoms with van der Waals surface area (Å²) in [4.78, 5) is 11.0. The van der Waals surface area contributed by atoms with E-state index in [0.717, 1.165) is 24.3 Å². The molecular formula is C14H20INO2. The summed E-state index contributed by atoms with van der Waals surface area (Å²) in [6, 6.07) is 6.16. The molecule has 1 aromatic carbocycles. The largest absolute Gasteiger partial charge is 0.489 e. The number of Topliss-reactive ketones (excluding diaryl/α,β-unsaturated/α-hetero) is 1. The summed E-state index contributed by atoms with van der Waals surface area (Å²) in [6.07, 6.45) is 1.50. The molecule has 0 unspecified atom stereocenters. The number of carbonyl (C=O) groups excluding carboxylic acids is 1. The summed E-state index contributed by atoms with van der Waals surface area (Å²) >= 11 is 2.11. The number of rotatable bonds is 7. The van der Waals surface area contributed by atoms with Gasteiger partial charge in [0, 0.05) is 35.8 Å². The van der Waals surface area contributed by atoms with E-state index in [1.807, 2.05) is 26.0 Å². The van der Waals surface area contributed by atoms with Gasteiger partial charge in [-0.3, -0.25) is 3.53 Å². The smallest absolute Gasteiger partial charge is 0.130 e. The molecule has 0 aromatic heterocycles. The van der Waals surface area contributed by atoms with Crippen LogP contribution in [0.5, 0.6) is 5.75 Å². The van der Waals surface area contributed by atoms with Crippen molar-refractivity contribution in [3.63, 3.8) is 0 Å². The highest BCUT2D eigenvalue weighted by Gasteiger charge is 2.06. The van der Waals surface area contributed by atoms with Gasteiger partial charge in [0.1, 0.15) is 17.6 Å². The Hall–Kier alpha value is -0.620. The van der Waals surface area contributed by atoms with Gasteiger partial charge in [-0.25, -0.2) is 0 Å². The zero-order valence-electron chi connectivity index (χ0n) is 11.1. The van der Waals surface area contributed by atoms with Crippen LogP contribution in [0.15, 0.2) is 18.2 Å². The molecule has 1 rings (SSSR count). The molecule has 100 valence electrons. The lowest BCUT2D eigenvalue weighted by atomic mass is 10.1. The second kappa shape index (κ2) is 7.74. The third kappa shape index (κ3) is 5.82. The standard InChI is InChI=1S/C14H20INO2/c1-10-6-13(5-4-11(2)17)8-14(7-10)18-12(3)9-16-15/h6-8,12,16H,4-5,9H2,1-3H3/t12-/m0/s1. The molecule has 1 atom stereocenters. The van der Waals surface area contributed by atoms with Gasteiger partial charge in [0.05, 0.1) is 0 Å². The third-order valence-electron chi connectivity index (χ3n) is 2.58. The fraction of sp³-hybridized carbons (Fsp3) is 0.500. The predicted molar refractivity (Wildman–Crippen MR) is 82.3 cm³/mol. The summed E-state index contributed by atoms with van der Waals surface area (Å²) in [5, 5.41) is 0. The van der Waals surface area contributed by atoms with Crippen LogP contribution in [0.4, 0.5) is 0 Å². The molecule has 0 aliphatic heterocycles. The first-order chi connectivity index (χ1) is 8.51. The molecule has 0 radical (unpaired) electrons. The van der Waals surface area contributed by atoms with Crippen molar-refractivity contribution in [1.82, 2.24) is 3.53 Å². The zero-order valence-corrected chi connectivity index (χ0v) is 13.3. The van der Waals surface area contributed by atoms with Crippen LogP contribution in [0.3, 0.4) is 0 Å². The Labute approximate surface area is 123 Å². The molecule has 0 fully saturated rings. The summed E-state index contributed by atoms with van der Waals surface area (Å²) in [5.74, 6) is 1.11. The number of hydrogen-bond acceptors (Lipinski definition) is 3. The molecule has 0 saturated heterocycles. The van der Waals surface area contributed by atoms with E-state index in [1.54, 1.807) is 6.92 Å². The molecule has 0 bridgehead atoms. The average molecular weight is 361 g/mol. The fourth-order valence-corrected chi connectivity index (χ4v) is 2.36. The quantitative estimate of drug-likeness (QED) is 0.599. The van der Waals surface area contributed by atoms with Crippen molar-refractivity contribution in [2.75, 3.05) is 6.54 Å². The van der Waals surface area contributed by atoms with Crippen molar-refractivity contribution in [2.45, 2.75) is 39.7 Å². The molecule has 18 heavy (non-hydrogen) atoms. The van der Waals surface area contributed by atoms with Crippen LogP contribution in [0.25, 0.3) is 0 Å². The van der Waals surface area contributed by atoms with Gasteiger partial charge in [-0.15, -0.1) is 0 Å². The van der Waals surface area contributed by atoms with Crippen LogP contribution in [-0.2, 0) is 11.2 Å². The number of carbonyl (C=O) groups is 1. The predicted octanol–water partition coefficient (Wildman–Crippen LogP) is 3.22. The van der Waals surface area contributed by atoms with Crippen molar-refractivity contribution >= 4 is 28.6 Å². The number of hydrogen-bond donors (Lipinski definition) is 1. The second-order valence-corrected chi connectivity index (χ2v) is 5.39. The molecular weight excluding hydrogens is 341 g/mol. The number of halogens is 1. The van der Waals surface area contributed by atoms with E-state index in [0.29, 0.717) is 6.42 Å². The highest BCUT2D eigenvalue weighted by atomic mass is 127. The second-order valence-electron chi connectivity index (χ2n) is 4.62. The van der Waals surface area contributed by atoms with Crippen molar-refractivity contribution in [2.24, 2.45) is 0 Å². The molecule has 0 aliphatic rings. The van der Waals surface area contributed by atoms with E-state index in [4.69, 9.17) is 4.74 Å². The molecule has 1 aromatic rings.